The largest absolute Gasteiger partial charge is 0.368 e. The van der Waals surface area contributed by atoms with E-state index in [1.165, 1.54) is 16.1 Å². The number of piperidine rings is 1. The number of piperazine rings is 1. The maximum Gasteiger partial charge on any atom is 0.211 e. The van der Waals surface area contributed by atoms with Crippen LogP contribution in [0.1, 0.15) is 42.9 Å². The number of nitrogens with zero attached hydrogens (tertiary/aromatic N) is 5. The molecule has 2 aromatic rings. The summed E-state index contributed by atoms with van der Waals surface area (Å²) in [4.78, 5) is 16.4. The summed E-state index contributed by atoms with van der Waals surface area (Å²) in [5, 5.41) is 1.60. The molecule has 0 aromatic carbocycles. The van der Waals surface area contributed by atoms with Crippen molar-refractivity contribution in [1.29, 1.82) is 0 Å². The van der Waals surface area contributed by atoms with Crippen LogP contribution in [0, 0.1) is 0 Å². The SMILES string of the molecule is [2H]N1CCN(c2c(C3CC3)cnc(C3(N)CCN(S(C)(=O)=O)CC3)c2-c2ncccn2)CC1. The molecule has 4 heterocycles. The molecule has 9 nitrogen and oxygen atoms in total. The zero-order valence-corrected chi connectivity index (χ0v) is 19.3. The van der Waals surface area contributed by atoms with Crippen LogP contribution in [-0.4, -0.2) is 73.2 Å². The minimum atomic E-state index is -3.26. The van der Waals surface area contributed by atoms with Crippen LogP contribution in [0.15, 0.2) is 24.7 Å². The van der Waals surface area contributed by atoms with Crippen molar-refractivity contribution >= 4 is 15.7 Å². The Morgan fingerprint density at radius 2 is 1.78 bits per heavy atom. The van der Waals surface area contributed by atoms with Gasteiger partial charge < -0.3 is 15.9 Å². The first kappa shape index (κ1) is 20.5. The van der Waals surface area contributed by atoms with Crippen LogP contribution in [-0.2, 0) is 15.6 Å². The third-order valence-electron chi connectivity index (χ3n) is 6.81. The van der Waals surface area contributed by atoms with Crippen molar-refractivity contribution in [2.75, 3.05) is 50.4 Å². The highest BCUT2D eigenvalue weighted by Crippen LogP contribution is 2.49. The van der Waals surface area contributed by atoms with E-state index in [2.05, 4.69) is 14.9 Å². The molecule has 2 aromatic heterocycles. The van der Waals surface area contributed by atoms with Crippen molar-refractivity contribution in [2.24, 2.45) is 5.73 Å². The van der Waals surface area contributed by atoms with Gasteiger partial charge in [-0.1, -0.05) is 0 Å². The van der Waals surface area contributed by atoms with Gasteiger partial charge in [-0.25, -0.2) is 22.7 Å². The van der Waals surface area contributed by atoms with E-state index in [-0.39, 0.29) is 0 Å². The van der Waals surface area contributed by atoms with Gasteiger partial charge in [0, 0.05) is 57.9 Å². The smallest absolute Gasteiger partial charge is 0.211 e. The van der Waals surface area contributed by atoms with Gasteiger partial charge in [0.2, 0.25) is 10.0 Å². The summed E-state index contributed by atoms with van der Waals surface area (Å²) in [6.45, 7) is 3.53. The van der Waals surface area contributed by atoms with Crippen molar-refractivity contribution in [1.82, 2.24) is 24.6 Å². The van der Waals surface area contributed by atoms with E-state index in [1.807, 2.05) is 6.20 Å². The molecule has 3 N–H and O–H groups in total. The number of hydrogen-bond donors (Lipinski definition) is 2. The number of nitrogens with two attached hydrogens (primary N) is 1. The van der Waals surface area contributed by atoms with E-state index in [0.717, 1.165) is 42.9 Å². The summed E-state index contributed by atoms with van der Waals surface area (Å²) in [6.07, 6.45) is 9.92. The second-order valence-corrected chi connectivity index (χ2v) is 11.1. The quantitative estimate of drug-likeness (QED) is 0.682. The van der Waals surface area contributed by atoms with Gasteiger partial charge in [-0.3, -0.25) is 4.98 Å². The second kappa shape index (κ2) is 8.33. The number of rotatable bonds is 5. The highest BCUT2D eigenvalue weighted by Gasteiger charge is 2.41. The maximum absolute atomic E-state index is 12.1. The average Bonchev–Trinajstić information content (AvgIpc) is 3.64. The lowest BCUT2D eigenvalue weighted by Gasteiger charge is -2.40. The van der Waals surface area contributed by atoms with Gasteiger partial charge in [0.05, 0.1) is 28.7 Å². The summed E-state index contributed by atoms with van der Waals surface area (Å²) < 4.78 is 33.6. The van der Waals surface area contributed by atoms with E-state index in [1.54, 1.807) is 23.8 Å². The van der Waals surface area contributed by atoms with Crippen molar-refractivity contribution < 1.29 is 9.83 Å². The molecule has 0 radical (unpaired) electrons. The second-order valence-electron chi connectivity index (χ2n) is 9.11. The lowest BCUT2D eigenvalue weighted by molar-refractivity contribution is 0.235. The predicted molar refractivity (Wildman–Crippen MR) is 124 cm³/mol. The van der Waals surface area contributed by atoms with Gasteiger partial charge in [0.1, 0.15) is 1.41 Å². The normalized spacial score (nSPS) is 23.2. The van der Waals surface area contributed by atoms with Gasteiger partial charge in [0.15, 0.2) is 5.82 Å². The van der Waals surface area contributed by atoms with Crippen LogP contribution in [0.4, 0.5) is 5.69 Å². The summed E-state index contributed by atoms with van der Waals surface area (Å²) in [5.74, 6) is 1.07. The molecule has 32 heavy (non-hydrogen) atoms. The molecule has 3 aliphatic rings. The highest BCUT2D eigenvalue weighted by molar-refractivity contribution is 7.88. The summed E-state index contributed by atoms with van der Waals surface area (Å²) in [5.41, 5.74) is 10.1. The van der Waals surface area contributed by atoms with Crippen LogP contribution in [0.3, 0.4) is 0 Å². The van der Waals surface area contributed by atoms with Crippen molar-refractivity contribution in [3.63, 3.8) is 0 Å². The molecule has 0 atom stereocenters. The van der Waals surface area contributed by atoms with Crippen molar-refractivity contribution in [2.45, 2.75) is 37.1 Å². The van der Waals surface area contributed by atoms with Crippen molar-refractivity contribution in [3.8, 4) is 11.4 Å². The van der Waals surface area contributed by atoms with E-state index >= 15 is 0 Å². The Labute approximate surface area is 191 Å². The Balaban J connectivity index is 1.64. The minimum absolute atomic E-state index is 0.364. The molecule has 0 amide bonds. The molecule has 10 heteroatoms. The van der Waals surface area contributed by atoms with Crippen molar-refractivity contribution in [3.05, 3.63) is 35.9 Å². The van der Waals surface area contributed by atoms with E-state index in [4.69, 9.17) is 12.1 Å². The third-order valence-corrected chi connectivity index (χ3v) is 8.12. The number of pyridine rings is 1. The van der Waals surface area contributed by atoms with E-state index in [0.29, 0.717) is 50.8 Å². The topological polar surface area (TPSA) is 117 Å². The first-order valence-electron chi connectivity index (χ1n) is 11.7. The van der Waals surface area contributed by atoms with Gasteiger partial charge in [-0.2, -0.15) is 0 Å². The Morgan fingerprint density at radius 1 is 1.12 bits per heavy atom. The van der Waals surface area contributed by atoms with Gasteiger partial charge in [-0.15, -0.1) is 0 Å². The van der Waals surface area contributed by atoms with E-state index in [9.17, 15) is 8.42 Å². The van der Waals surface area contributed by atoms with E-state index < -0.39 is 15.6 Å². The average molecular weight is 459 g/mol. The molecule has 2 aliphatic heterocycles. The lowest BCUT2D eigenvalue weighted by Crippen LogP contribution is -2.50. The molecule has 0 spiro atoms. The Morgan fingerprint density at radius 3 is 2.38 bits per heavy atom. The number of nitrogens with one attached hydrogen (secondary N) is 1. The fourth-order valence-electron chi connectivity index (χ4n) is 4.85. The fourth-order valence-corrected chi connectivity index (χ4v) is 5.70. The molecule has 3 fully saturated rings. The fraction of sp³-hybridized carbons (Fsp3) is 0.591. The number of aromatic nitrogens is 3. The monoisotopic (exact) mass is 458 g/mol. The molecule has 0 bridgehead atoms. The van der Waals surface area contributed by atoms with Gasteiger partial charge in [-0.05, 0) is 43.2 Å². The van der Waals surface area contributed by atoms with Crippen LogP contribution in [0.5, 0.6) is 0 Å². The third kappa shape index (κ3) is 4.12. The molecule has 1 aliphatic carbocycles. The standard InChI is InChI=1S/C22H31N7O2S/c1-32(30,31)29-11-5-22(23,6-12-29)20-18(21-25-7-2-8-26-21)19(28-13-9-24-10-14-28)17(15-27-20)16-3-4-16/h2,7-8,15-16,24H,3-6,9-14,23H2,1H3/i/hD. The van der Waals surface area contributed by atoms with Crippen LogP contribution in [0.25, 0.3) is 11.4 Å². The summed E-state index contributed by atoms with van der Waals surface area (Å²) in [6, 6.07) is 1.79. The highest BCUT2D eigenvalue weighted by atomic mass is 32.2. The molecular formula is C22H31N7O2S. The molecule has 5 rings (SSSR count). The summed E-state index contributed by atoms with van der Waals surface area (Å²) >= 11 is 0. The first-order valence-corrected chi connectivity index (χ1v) is 13.1. The number of sulfonamides is 1. The molecule has 1 saturated carbocycles. The number of hydrogen-bond acceptors (Lipinski definition) is 8. The molecule has 0 unspecified atom stereocenters. The molecular weight excluding hydrogens is 426 g/mol. The zero-order chi connectivity index (χ0) is 23.2. The minimum Gasteiger partial charge on any atom is -0.368 e. The Kier molecular flexibility index (Phi) is 5.33. The Bertz CT molecular complexity index is 1110. The van der Waals surface area contributed by atoms with Gasteiger partial charge in [0.25, 0.3) is 0 Å². The molecule has 172 valence electrons. The zero-order valence-electron chi connectivity index (χ0n) is 19.4. The van der Waals surface area contributed by atoms with Crippen LogP contribution in [0.2, 0.25) is 1.41 Å². The van der Waals surface area contributed by atoms with Crippen LogP contribution < -0.4 is 15.9 Å². The lowest BCUT2D eigenvalue weighted by atomic mass is 9.82. The Hall–Kier alpha value is -2.14. The maximum atomic E-state index is 12.1. The van der Waals surface area contributed by atoms with Crippen LogP contribution >= 0.6 is 0 Å². The summed E-state index contributed by atoms with van der Waals surface area (Å²) in [7, 11) is -3.26. The van der Waals surface area contributed by atoms with Gasteiger partial charge >= 0.3 is 0 Å². The first-order chi connectivity index (χ1) is 15.8. The molecule has 2 saturated heterocycles. The number of anilines is 1. The predicted octanol–water partition coefficient (Wildman–Crippen LogP) is 1.04.